The van der Waals surface area contributed by atoms with Crippen LogP contribution in [0.1, 0.15) is 15.9 Å². The summed E-state index contributed by atoms with van der Waals surface area (Å²) in [4.78, 5) is 15.6. The number of aromatic nitrogens is 1. The molecule has 2 N–H and O–H groups in total. The van der Waals surface area contributed by atoms with Gasteiger partial charge in [-0.1, -0.05) is 15.9 Å². The van der Waals surface area contributed by atoms with E-state index in [-0.39, 0.29) is 0 Å². The van der Waals surface area contributed by atoms with E-state index < -0.39 is 5.91 Å². The molecule has 0 saturated heterocycles. The molecule has 0 fully saturated rings. The lowest BCUT2D eigenvalue weighted by atomic mass is 10.1. The summed E-state index contributed by atoms with van der Waals surface area (Å²) >= 11 is 3.45. The van der Waals surface area contributed by atoms with E-state index in [1.54, 1.807) is 18.3 Å². The van der Waals surface area contributed by atoms with Crippen LogP contribution in [-0.2, 0) is 0 Å². The summed E-state index contributed by atoms with van der Waals surface area (Å²) in [7, 11) is 4.49. The summed E-state index contributed by atoms with van der Waals surface area (Å²) in [6.45, 7) is 0. The van der Waals surface area contributed by atoms with Crippen LogP contribution in [0.3, 0.4) is 0 Å². The van der Waals surface area contributed by atoms with Crippen molar-refractivity contribution in [2.45, 2.75) is 0 Å². The third-order valence-corrected chi connectivity index (χ3v) is 4.47. The molecule has 0 aliphatic rings. The van der Waals surface area contributed by atoms with Crippen molar-refractivity contribution < 1.29 is 19.0 Å². The minimum Gasteiger partial charge on any atom is -0.493 e. The number of hydrogen-bond acceptors (Lipinski definition) is 5. The van der Waals surface area contributed by atoms with Crippen molar-refractivity contribution in [3.05, 3.63) is 52.1 Å². The van der Waals surface area contributed by atoms with Crippen molar-refractivity contribution in [1.82, 2.24) is 10.4 Å². The van der Waals surface area contributed by atoms with Gasteiger partial charge in [-0.05, 0) is 30.3 Å². The van der Waals surface area contributed by atoms with Gasteiger partial charge in [0.2, 0.25) is 5.75 Å². The number of benzene rings is 2. The Balaban J connectivity index is 1.81. The SMILES string of the molecule is COc1cc(C(=O)N/N=C\c2c[nH]c3ccc(Br)cc23)cc(OC)c1OC. The van der Waals surface area contributed by atoms with Crippen molar-refractivity contribution in [2.24, 2.45) is 5.10 Å². The van der Waals surface area contributed by atoms with Crippen molar-refractivity contribution in [2.75, 3.05) is 21.3 Å². The maximum atomic E-state index is 12.4. The lowest BCUT2D eigenvalue weighted by molar-refractivity contribution is 0.0954. The van der Waals surface area contributed by atoms with E-state index in [1.807, 2.05) is 24.4 Å². The van der Waals surface area contributed by atoms with Crippen LogP contribution in [-0.4, -0.2) is 38.4 Å². The molecule has 140 valence electrons. The summed E-state index contributed by atoms with van der Waals surface area (Å²) in [5.41, 5.74) is 4.69. The molecule has 0 spiro atoms. The molecule has 27 heavy (non-hydrogen) atoms. The highest BCUT2D eigenvalue weighted by Crippen LogP contribution is 2.38. The summed E-state index contributed by atoms with van der Waals surface area (Å²) in [5.74, 6) is 0.816. The monoisotopic (exact) mass is 431 g/mol. The van der Waals surface area contributed by atoms with Gasteiger partial charge in [-0.2, -0.15) is 5.10 Å². The highest BCUT2D eigenvalue weighted by molar-refractivity contribution is 9.10. The number of methoxy groups -OCH3 is 3. The second-order valence-corrected chi connectivity index (χ2v) is 6.46. The second-order valence-electron chi connectivity index (χ2n) is 5.55. The second kappa shape index (κ2) is 8.13. The Labute approximate surface area is 164 Å². The zero-order valence-corrected chi connectivity index (χ0v) is 16.6. The summed E-state index contributed by atoms with van der Waals surface area (Å²) in [6.07, 6.45) is 3.41. The molecule has 8 heteroatoms. The number of carbonyl (C=O) groups is 1. The number of ether oxygens (including phenoxy) is 3. The molecule has 3 aromatic rings. The Hall–Kier alpha value is -3.00. The molecule has 0 aliphatic heterocycles. The largest absolute Gasteiger partial charge is 0.493 e. The Morgan fingerprint density at radius 1 is 1.11 bits per heavy atom. The predicted octanol–water partition coefficient (Wildman–Crippen LogP) is 3.72. The fourth-order valence-corrected chi connectivity index (χ4v) is 3.02. The van der Waals surface area contributed by atoms with Crippen LogP contribution in [0.2, 0.25) is 0 Å². The van der Waals surface area contributed by atoms with Crippen LogP contribution in [0.25, 0.3) is 10.9 Å². The molecule has 3 rings (SSSR count). The quantitative estimate of drug-likeness (QED) is 0.460. The normalized spacial score (nSPS) is 11.0. The number of hydrogen-bond donors (Lipinski definition) is 2. The molecule has 0 bridgehead atoms. The van der Waals surface area contributed by atoms with Gasteiger partial charge in [0.05, 0.1) is 27.5 Å². The average molecular weight is 432 g/mol. The topological polar surface area (TPSA) is 84.9 Å². The van der Waals surface area contributed by atoms with E-state index in [4.69, 9.17) is 14.2 Å². The van der Waals surface area contributed by atoms with Gasteiger partial charge in [-0.3, -0.25) is 4.79 Å². The molecule has 0 unspecified atom stereocenters. The molecule has 0 radical (unpaired) electrons. The van der Waals surface area contributed by atoms with Gasteiger partial charge in [0, 0.05) is 32.7 Å². The van der Waals surface area contributed by atoms with E-state index in [9.17, 15) is 4.79 Å². The highest BCUT2D eigenvalue weighted by atomic mass is 79.9. The standard InChI is InChI=1S/C19H18BrN3O4/c1-25-16-6-11(7-17(26-2)18(16)27-3)19(24)23-22-10-12-9-21-15-5-4-13(20)8-14(12)15/h4-10,21H,1-3H3,(H,23,24)/b22-10-. The number of nitrogens with zero attached hydrogens (tertiary/aromatic N) is 1. The molecule has 0 atom stereocenters. The van der Waals surface area contributed by atoms with E-state index >= 15 is 0 Å². The number of halogens is 1. The number of amides is 1. The third kappa shape index (κ3) is 3.90. The molecule has 1 amide bonds. The molecular weight excluding hydrogens is 414 g/mol. The molecule has 1 aromatic heterocycles. The van der Waals surface area contributed by atoms with Gasteiger partial charge in [-0.15, -0.1) is 0 Å². The number of fused-ring (bicyclic) bond motifs is 1. The first kappa shape index (κ1) is 18.8. The molecule has 7 nitrogen and oxygen atoms in total. The first-order chi connectivity index (χ1) is 13.1. The summed E-state index contributed by atoms with van der Waals surface area (Å²) < 4.78 is 16.7. The van der Waals surface area contributed by atoms with Crippen LogP contribution >= 0.6 is 15.9 Å². The zero-order chi connectivity index (χ0) is 19.4. The van der Waals surface area contributed by atoms with Gasteiger partial charge in [0.25, 0.3) is 5.91 Å². The summed E-state index contributed by atoms with van der Waals surface area (Å²) in [5, 5.41) is 5.05. The summed E-state index contributed by atoms with van der Waals surface area (Å²) in [6, 6.07) is 9.02. The van der Waals surface area contributed by atoms with Gasteiger partial charge in [0.1, 0.15) is 0 Å². The Morgan fingerprint density at radius 2 is 1.81 bits per heavy atom. The molecule has 2 aromatic carbocycles. The Bertz CT molecular complexity index is 988. The number of aromatic amines is 1. The van der Waals surface area contributed by atoms with Gasteiger partial charge < -0.3 is 19.2 Å². The number of H-pyrrole nitrogens is 1. The lowest BCUT2D eigenvalue weighted by Gasteiger charge is -2.13. The Morgan fingerprint density at radius 3 is 2.44 bits per heavy atom. The van der Waals surface area contributed by atoms with E-state index in [0.717, 1.165) is 20.9 Å². The van der Waals surface area contributed by atoms with Crippen molar-refractivity contribution >= 4 is 39.0 Å². The fourth-order valence-electron chi connectivity index (χ4n) is 2.66. The molecule has 1 heterocycles. The number of hydrazone groups is 1. The Kier molecular flexibility index (Phi) is 5.66. The molecule has 0 saturated carbocycles. The van der Waals surface area contributed by atoms with Crippen molar-refractivity contribution in [1.29, 1.82) is 0 Å². The van der Waals surface area contributed by atoms with E-state index in [0.29, 0.717) is 22.8 Å². The van der Waals surface area contributed by atoms with Crippen LogP contribution in [0.5, 0.6) is 17.2 Å². The average Bonchev–Trinajstić information content (AvgIpc) is 3.08. The molecular formula is C19H18BrN3O4. The van der Waals surface area contributed by atoms with Gasteiger partial charge in [-0.25, -0.2) is 5.43 Å². The zero-order valence-electron chi connectivity index (χ0n) is 15.0. The highest BCUT2D eigenvalue weighted by Gasteiger charge is 2.16. The maximum Gasteiger partial charge on any atom is 0.271 e. The predicted molar refractivity (Wildman–Crippen MR) is 107 cm³/mol. The maximum absolute atomic E-state index is 12.4. The first-order valence-electron chi connectivity index (χ1n) is 7.97. The van der Waals surface area contributed by atoms with Crippen LogP contribution < -0.4 is 19.6 Å². The first-order valence-corrected chi connectivity index (χ1v) is 8.76. The van der Waals surface area contributed by atoms with Crippen molar-refractivity contribution in [3.8, 4) is 17.2 Å². The lowest BCUT2D eigenvalue weighted by Crippen LogP contribution is -2.18. The van der Waals surface area contributed by atoms with Gasteiger partial charge >= 0.3 is 0 Å². The fraction of sp³-hybridized carbons (Fsp3) is 0.158. The van der Waals surface area contributed by atoms with Crippen LogP contribution in [0.15, 0.2) is 46.1 Å². The van der Waals surface area contributed by atoms with Crippen molar-refractivity contribution in [3.63, 3.8) is 0 Å². The van der Waals surface area contributed by atoms with E-state index in [2.05, 4.69) is 31.4 Å². The third-order valence-electron chi connectivity index (χ3n) is 3.97. The van der Waals surface area contributed by atoms with E-state index in [1.165, 1.54) is 21.3 Å². The van der Waals surface area contributed by atoms with Gasteiger partial charge in [0.15, 0.2) is 11.5 Å². The van der Waals surface area contributed by atoms with Crippen LogP contribution in [0.4, 0.5) is 0 Å². The number of rotatable bonds is 6. The smallest absolute Gasteiger partial charge is 0.271 e. The molecule has 0 aliphatic carbocycles. The minimum atomic E-state index is -0.397. The minimum absolute atomic E-state index is 0.336. The number of carbonyl (C=O) groups excluding carboxylic acids is 1. The van der Waals surface area contributed by atoms with Crippen LogP contribution in [0, 0.1) is 0 Å². The number of nitrogens with one attached hydrogen (secondary N) is 2.